The molecule has 1 amide bonds. The monoisotopic (exact) mass is 228 g/mol. The first kappa shape index (κ1) is 10.1. The molecule has 1 unspecified atom stereocenters. The Bertz CT molecular complexity index is 580. The summed E-state index contributed by atoms with van der Waals surface area (Å²) < 4.78 is 5.65. The Balaban J connectivity index is 2.02. The summed E-state index contributed by atoms with van der Waals surface area (Å²) in [5, 5.41) is 3.76. The molecule has 0 saturated heterocycles. The van der Waals surface area contributed by atoms with Crippen molar-refractivity contribution in [3.05, 3.63) is 36.1 Å². The number of hydrogen-bond acceptors (Lipinski definition) is 3. The van der Waals surface area contributed by atoms with Crippen LogP contribution in [0.1, 0.15) is 19.1 Å². The summed E-state index contributed by atoms with van der Waals surface area (Å²) in [5.74, 6) is 1.11. The van der Waals surface area contributed by atoms with Gasteiger partial charge in [-0.05, 0) is 18.6 Å². The van der Waals surface area contributed by atoms with Gasteiger partial charge in [0.25, 0.3) is 0 Å². The Hall–Kier alpha value is -2.10. The molecule has 1 N–H and O–H groups in total. The molecule has 0 bridgehead atoms. The maximum absolute atomic E-state index is 11.5. The van der Waals surface area contributed by atoms with E-state index in [1.165, 1.54) is 0 Å². The Morgan fingerprint density at radius 3 is 2.94 bits per heavy atom. The Labute approximate surface area is 98.3 Å². The van der Waals surface area contributed by atoms with Gasteiger partial charge in [0.1, 0.15) is 11.6 Å². The van der Waals surface area contributed by atoms with Crippen molar-refractivity contribution in [3.8, 4) is 0 Å². The highest BCUT2D eigenvalue weighted by molar-refractivity contribution is 6.13. The number of amidine groups is 1. The highest BCUT2D eigenvalue weighted by Gasteiger charge is 2.26. The number of benzene rings is 1. The van der Waals surface area contributed by atoms with Crippen LogP contribution in [-0.4, -0.2) is 17.8 Å². The first-order valence-corrected chi connectivity index (χ1v) is 5.65. The molecule has 0 fully saturated rings. The fourth-order valence-electron chi connectivity index (χ4n) is 1.95. The minimum atomic E-state index is -0.279. The zero-order valence-corrected chi connectivity index (χ0v) is 9.43. The van der Waals surface area contributed by atoms with Crippen LogP contribution in [0.2, 0.25) is 0 Å². The SMILES string of the molecule is CCC1N=C(c2cc3ccccc3o2)NC1=O. The molecule has 17 heavy (non-hydrogen) atoms. The van der Waals surface area contributed by atoms with E-state index < -0.39 is 0 Å². The zero-order valence-electron chi connectivity index (χ0n) is 9.43. The first-order chi connectivity index (χ1) is 8.28. The fraction of sp³-hybridized carbons (Fsp3) is 0.231. The first-order valence-electron chi connectivity index (χ1n) is 5.65. The summed E-state index contributed by atoms with van der Waals surface area (Å²) in [4.78, 5) is 15.9. The summed E-state index contributed by atoms with van der Waals surface area (Å²) >= 11 is 0. The molecule has 4 heteroatoms. The highest BCUT2D eigenvalue weighted by Crippen LogP contribution is 2.20. The van der Waals surface area contributed by atoms with Crippen molar-refractivity contribution >= 4 is 22.7 Å². The Morgan fingerprint density at radius 2 is 2.24 bits per heavy atom. The van der Waals surface area contributed by atoms with Crippen LogP contribution in [0.25, 0.3) is 11.0 Å². The number of fused-ring (bicyclic) bond motifs is 1. The second kappa shape index (κ2) is 3.73. The molecule has 1 aliphatic heterocycles. The molecular weight excluding hydrogens is 216 g/mol. The normalized spacial score (nSPS) is 19.5. The van der Waals surface area contributed by atoms with Gasteiger partial charge in [-0.15, -0.1) is 0 Å². The minimum Gasteiger partial charge on any atom is -0.453 e. The number of carbonyl (C=O) groups excluding carboxylic acids is 1. The number of carbonyl (C=O) groups is 1. The topological polar surface area (TPSA) is 54.6 Å². The van der Waals surface area contributed by atoms with Crippen LogP contribution in [0, 0.1) is 0 Å². The molecule has 0 saturated carbocycles. The fourth-order valence-corrected chi connectivity index (χ4v) is 1.95. The van der Waals surface area contributed by atoms with Crippen LogP contribution in [0.5, 0.6) is 0 Å². The molecule has 86 valence electrons. The molecule has 2 aromatic rings. The number of nitrogens with one attached hydrogen (secondary N) is 1. The molecule has 3 rings (SSSR count). The molecule has 4 nitrogen and oxygen atoms in total. The van der Waals surface area contributed by atoms with Crippen molar-refractivity contribution < 1.29 is 9.21 Å². The number of para-hydroxylation sites is 1. The van der Waals surface area contributed by atoms with Gasteiger partial charge in [-0.3, -0.25) is 9.79 Å². The Kier molecular flexibility index (Phi) is 2.21. The van der Waals surface area contributed by atoms with E-state index in [2.05, 4.69) is 10.3 Å². The van der Waals surface area contributed by atoms with E-state index in [9.17, 15) is 4.79 Å². The number of aliphatic imine (C=N–C) groups is 1. The van der Waals surface area contributed by atoms with E-state index in [0.29, 0.717) is 18.0 Å². The predicted molar refractivity (Wildman–Crippen MR) is 65.0 cm³/mol. The molecule has 2 heterocycles. The second-order valence-electron chi connectivity index (χ2n) is 4.04. The molecule has 1 aliphatic rings. The van der Waals surface area contributed by atoms with Crippen LogP contribution in [0.15, 0.2) is 39.7 Å². The van der Waals surface area contributed by atoms with E-state index >= 15 is 0 Å². The van der Waals surface area contributed by atoms with Crippen LogP contribution in [0.3, 0.4) is 0 Å². The van der Waals surface area contributed by atoms with Crippen LogP contribution < -0.4 is 5.32 Å². The maximum atomic E-state index is 11.5. The van der Waals surface area contributed by atoms with Gasteiger partial charge in [-0.25, -0.2) is 0 Å². The lowest BCUT2D eigenvalue weighted by atomic mass is 10.2. The van der Waals surface area contributed by atoms with Gasteiger partial charge in [0.05, 0.1) is 0 Å². The molecule has 0 aliphatic carbocycles. The third kappa shape index (κ3) is 1.62. The zero-order chi connectivity index (χ0) is 11.8. The maximum Gasteiger partial charge on any atom is 0.250 e. The second-order valence-corrected chi connectivity index (χ2v) is 4.04. The number of furan rings is 1. The van der Waals surface area contributed by atoms with E-state index in [1.54, 1.807) is 0 Å². The van der Waals surface area contributed by atoms with Crippen LogP contribution in [-0.2, 0) is 4.79 Å². The van der Waals surface area contributed by atoms with E-state index in [4.69, 9.17) is 4.42 Å². The van der Waals surface area contributed by atoms with Gasteiger partial charge in [-0.1, -0.05) is 25.1 Å². The lowest BCUT2D eigenvalue weighted by molar-refractivity contribution is -0.120. The molecule has 1 aromatic carbocycles. The molecular formula is C13H12N2O2. The lowest BCUT2D eigenvalue weighted by Crippen LogP contribution is -2.28. The van der Waals surface area contributed by atoms with Crippen molar-refractivity contribution in [2.45, 2.75) is 19.4 Å². The van der Waals surface area contributed by atoms with Gasteiger partial charge >= 0.3 is 0 Å². The van der Waals surface area contributed by atoms with E-state index in [0.717, 1.165) is 11.0 Å². The van der Waals surface area contributed by atoms with Crippen LogP contribution >= 0.6 is 0 Å². The van der Waals surface area contributed by atoms with Gasteiger partial charge in [0, 0.05) is 5.39 Å². The summed E-state index contributed by atoms with van der Waals surface area (Å²) in [6.07, 6.45) is 0.704. The molecule has 1 atom stereocenters. The van der Waals surface area contributed by atoms with Crippen molar-refractivity contribution in [1.29, 1.82) is 0 Å². The summed E-state index contributed by atoms with van der Waals surface area (Å²) in [6, 6.07) is 9.35. The van der Waals surface area contributed by atoms with Gasteiger partial charge < -0.3 is 9.73 Å². The average Bonchev–Trinajstić information content (AvgIpc) is 2.91. The van der Waals surface area contributed by atoms with Crippen LogP contribution in [0.4, 0.5) is 0 Å². The number of rotatable bonds is 2. The highest BCUT2D eigenvalue weighted by atomic mass is 16.3. The van der Waals surface area contributed by atoms with E-state index in [-0.39, 0.29) is 11.9 Å². The van der Waals surface area contributed by atoms with Gasteiger partial charge in [0.2, 0.25) is 5.91 Å². The third-order valence-corrected chi connectivity index (χ3v) is 2.87. The van der Waals surface area contributed by atoms with Crippen molar-refractivity contribution in [2.24, 2.45) is 4.99 Å². The van der Waals surface area contributed by atoms with Crippen molar-refractivity contribution in [2.75, 3.05) is 0 Å². The minimum absolute atomic E-state index is 0.0528. The molecule has 0 radical (unpaired) electrons. The third-order valence-electron chi connectivity index (χ3n) is 2.87. The summed E-state index contributed by atoms with van der Waals surface area (Å²) in [6.45, 7) is 1.94. The smallest absolute Gasteiger partial charge is 0.250 e. The average molecular weight is 228 g/mol. The quantitative estimate of drug-likeness (QED) is 0.855. The van der Waals surface area contributed by atoms with Gasteiger partial charge in [-0.2, -0.15) is 0 Å². The summed E-state index contributed by atoms with van der Waals surface area (Å²) in [5.41, 5.74) is 0.805. The number of nitrogens with zero attached hydrogens (tertiary/aromatic N) is 1. The van der Waals surface area contributed by atoms with Crippen molar-refractivity contribution in [3.63, 3.8) is 0 Å². The summed E-state index contributed by atoms with van der Waals surface area (Å²) in [7, 11) is 0. The van der Waals surface area contributed by atoms with Crippen molar-refractivity contribution in [1.82, 2.24) is 5.32 Å². The Morgan fingerprint density at radius 1 is 1.41 bits per heavy atom. The lowest BCUT2D eigenvalue weighted by Gasteiger charge is -1.96. The largest absolute Gasteiger partial charge is 0.453 e. The number of amides is 1. The molecule has 1 aromatic heterocycles. The predicted octanol–water partition coefficient (Wildman–Crippen LogP) is 2.09. The number of hydrogen-bond donors (Lipinski definition) is 1. The van der Waals surface area contributed by atoms with E-state index in [1.807, 2.05) is 37.3 Å². The molecule has 0 spiro atoms. The standard InChI is InChI=1S/C13H12N2O2/c1-2-9-13(16)15-12(14-9)11-7-8-5-3-4-6-10(8)17-11/h3-7,9H,2H2,1H3,(H,14,15,16). The van der Waals surface area contributed by atoms with Gasteiger partial charge in [0.15, 0.2) is 11.6 Å².